The predicted molar refractivity (Wildman–Crippen MR) is 44.1 cm³/mol. The highest BCUT2D eigenvalue weighted by Crippen LogP contribution is 2.26. The van der Waals surface area contributed by atoms with E-state index < -0.39 is 33.3 Å². The van der Waals surface area contributed by atoms with Crippen molar-refractivity contribution in [3.63, 3.8) is 0 Å². The van der Waals surface area contributed by atoms with Crippen molar-refractivity contribution in [1.29, 1.82) is 0 Å². The van der Waals surface area contributed by atoms with Crippen LogP contribution in [-0.2, 0) is 9.05 Å². The van der Waals surface area contributed by atoms with Gasteiger partial charge in [0.2, 0.25) is 9.05 Å². The normalized spacial score (nSPS) is 15.8. The molecular formula is C6H10ClF3O2S. The first-order valence-electron chi connectivity index (χ1n) is 3.67. The largest absolute Gasteiger partial charge is 0.389 e. The Kier molecular flexibility index (Phi) is 4.51. The molecule has 0 radical (unpaired) electrons. The number of alkyl halides is 3. The van der Waals surface area contributed by atoms with Gasteiger partial charge < -0.3 is 0 Å². The minimum absolute atomic E-state index is 0.0991. The number of halogens is 4. The minimum Gasteiger partial charge on any atom is -0.212 e. The topological polar surface area (TPSA) is 34.1 Å². The fraction of sp³-hybridized carbons (Fsp3) is 1.00. The van der Waals surface area contributed by atoms with Crippen LogP contribution in [0, 0.1) is 0 Å². The third-order valence-corrected chi connectivity index (χ3v) is 3.72. The van der Waals surface area contributed by atoms with Crippen molar-refractivity contribution >= 4 is 19.7 Å². The van der Waals surface area contributed by atoms with Crippen molar-refractivity contribution in [3.05, 3.63) is 0 Å². The van der Waals surface area contributed by atoms with Crippen LogP contribution in [0.1, 0.15) is 26.2 Å². The van der Waals surface area contributed by atoms with Crippen LogP contribution in [0.25, 0.3) is 0 Å². The average Bonchev–Trinajstić information content (AvgIpc) is 1.82. The lowest BCUT2D eigenvalue weighted by atomic mass is 10.2. The molecule has 0 spiro atoms. The molecule has 0 N–H and O–H groups in total. The molecule has 0 aliphatic heterocycles. The van der Waals surface area contributed by atoms with Gasteiger partial charge in [-0.25, -0.2) is 8.42 Å². The Bertz CT molecular complexity index is 247. The van der Waals surface area contributed by atoms with Crippen LogP contribution in [-0.4, -0.2) is 19.8 Å². The maximum Gasteiger partial charge on any atom is 0.389 e. The second-order valence-electron chi connectivity index (χ2n) is 2.66. The summed E-state index contributed by atoms with van der Waals surface area (Å²) in [7, 11) is 1.07. The molecule has 0 aromatic carbocycles. The van der Waals surface area contributed by atoms with Gasteiger partial charge in [-0.2, -0.15) is 13.2 Å². The first-order chi connectivity index (χ1) is 5.67. The molecule has 2 nitrogen and oxygen atoms in total. The first kappa shape index (κ1) is 13.0. The van der Waals surface area contributed by atoms with Crippen molar-refractivity contribution in [3.8, 4) is 0 Å². The highest BCUT2D eigenvalue weighted by Gasteiger charge is 2.31. The van der Waals surface area contributed by atoms with E-state index in [9.17, 15) is 21.6 Å². The molecule has 0 aliphatic rings. The maximum absolute atomic E-state index is 11.7. The molecular weight excluding hydrogens is 229 g/mol. The Hall–Kier alpha value is 0.0300. The van der Waals surface area contributed by atoms with Gasteiger partial charge in [-0.05, 0) is 12.8 Å². The highest BCUT2D eigenvalue weighted by molar-refractivity contribution is 8.14. The van der Waals surface area contributed by atoms with Crippen LogP contribution >= 0.6 is 10.7 Å². The summed E-state index contributed by atoms with van der Waals surface area (Å²) in [5.74, 6) is 0. The van der Waals surface area contributed by atoms with Crippen LogP contribution < -0.4 is 0 Å². The summed E-state index contributed by atoms with van der Waals surface area (Å²) >= 11 is 0. The van der Waals surface area contributed by atoms with Gasteiger partial charge in [0, 0.05) is 17.1 Å². The van der Waals surface area contributed by atoms with Gasteiger partial charge in [-0.3, -0.25) is 0 Å². The molecule has 0 saturated heterocycles. The summed E-state index contributed by atoms with van der Waals surface area (Å²) in [6.45, 7) is 1.49. The van der Waals surface area contributed by atoms with Gasteiger partial charge in [-0.1, -0.05) is 6.92 Å². The van der Waals surface area contributed by atoms with E-state index in [1.165, 1.54) is 6.92 Å². The summed E-state index contributed by atoms with van der Waals surface area (Å²) in [6, 6.07) is 0. The number of rotatable bonds is 4. The Labute approximate surface area is 79.5 Å². The monoisotopic (exact) mass is 238 g/mol. The van der Waals surface area contributed by atoms with Crippen LogP contribution in [0.5, 0.6) is 0 Å². The molecule has 0 rings (SSSR count). The second kappa shape index (κ2) is 4.50. The number of hydrogen-bond donors (Lipinski definition) is 0. The van der Waals surface area contributed by atoms with Gasteiger partial charge in [0.1, 0.15) is 0 Å². The summed E-state index contributed by atoms with van der Waals surface area (Å²) in [5.41, 5.74) is 0. The van der Waals surface area contributed by atoms with Gasteiger partial charge in [-0.15, -0.1) is 0 Å². The Morgan fingerprint density at radius 1 is 1.38 bits per heavy atom. The molecule has 0 amide bonds. The number of hydrogen-bond acceptors (Lipinski definition) is 2. The third kappa shape index (κ3) is 6.15. The van der Waals surface area contributed by atoms with E-state index in [1.54, 1.807) is 0 Å². The molecule has 0 heterocycles. The highest BCUT2D eigenvalue weighted by atomic mass is 35.7. The van der Waals surface area contributed by atoms with Crippen molar-refractivity contribution in [2.75, 3.05) is 0 Å². The van der Waals surface area contributed by atoms with E-state index in [1.807, 2.05) is 0 Å². The lowest BCUT2D eigenvalue weighted by Crippen LogP contribution is -2.19. The molecule has 0 aromatic heterocycles. The summed E-state index contributed by atoms with van der Waals surface area (Å²) in [5, 5.41) is -1.10. The van der Waals surface area contributed by atoms with E-state index in [0.717, 1.165) is 0 Å². The maximum atomic E-state index is 11.7. The predicted octanol–water partition coefficient (Wildman–Crippen LogP) is 2.68. The fourth-order valence-corrected chi connectivity index (χ4v) is 2.31. The van der Waals surface area contributed by atoms with Crippen molar-refractivity contribution in [1.82, 2.24) is 0 Å². The summed E-state index contributed by atoms with van der Waals surface area (Å²) in [4.78, 5) is 0. The Balaban J connectivity index is 4.18. The zero-order valence-corrected chi connectivity index (χ0v) is 8.51. The van der Waals surface area contributed by atoms with Gasteiger partial charge in [0.05, 0.1) is 5.25 Å². The van der Waals surface area contributed by atoms with Crippen LogP contribution in [0.15, 0.2) is 0 Å². The second-order valence-corrected chi connectivity index (χ2v) is 5.57. The molecule has 0 saturated carbocycles. The van der Waals surface area contributed by atoms with Crippen LogP contribution in [0.2, 0.25) is 0 Å². The molecule has 0 fully saturated rings. The minimum atomic E-state index is -4.32. The van der Waals surface area contributed by atoms with Crippen molar-refractivity contribution in [2.45, 2.75) is 37.6 Å². The van der Waals surface area contributed by atoms with Gasteiger partial charge >= 0.3 is 6.18 Å². The van der Waals surface area contributed by atoms with Crippen LogP contribution in [0.3, 0.4) is 0 Å². The van der Waals surface area contributed by atoms with E-state index >= 15 is 0 Å². The van der Waals surface area contributed by atoms with Gasteiger partial charge in [0.25, 0.3) is 0 Å². The van der Waals surface area contributed by atoms with Crippen LogP contribution in [0.4, 0.5) is 13.2 Å². The molecule has 1 unspecified atom stereocenters. The molecule has 0 aromatic rings. The molecule has 13 heavy (non-hydrogen) atoms. The zero-order valence-electron chi connectivity index (χ0n) is 6.94. The lowest BCUT2D eigenvalue weighted by molar-refractivity contribution is -0.135. The van der Waals surface area contributed by atoms with E-state index in [4.69, 9.17) is 10.7 Å². The average molecular weight is 239 g/mol. The lowest BCUT2D eigenvalue weighted by Gasteiger charge is -2.12. The Morgan fingerprint density at radius 3 is 2.08 bits per heavy atom. The quantitative estimate of drug-likeness (QED) is 0.706. The van der Waals surface area contributed by atoms with Gasteiger partial charge in [0.15, 0.2) is 0 Å². The third-order valence-electron chi connectivity index (χ3n) is 1.60. The smallest absolute Gasteiger partial charge is 0.212 e. The van der Waals surface area contributed by atoms with E-state index in [2.05, 4.69) is 0 Å². The Morgan fingerprint density at radius 2 is 1.85 bits per heavy atom. The molecule has 0 bridgehead atoms. The molecule has 1 atom stereocenters. The first-order valence-corrected chi connectivity index (χ1v) is 6.04. The fourth-order valence-electron chi connectivity index (χ4n) is 0.869. The molecule has 7 heteroatoms. The van der Waals surface area contributed by atoms with Crippen molar-refractivity contribution in [2.24, 2.45) is 0 Å². The SMILES string of the molecule is CCC(CCC(F)(F)F)S(=O)(=O)Cl. The summed E-state index contributed by atoms with van der Waals surface area (Å²) < 4.78 is 56.5. The zero-order chi connectivity index (χ0) is 10.7. The molecule has 0 aliphatic carbocycles. The summed E-state index contributed by atoms with van der Waals surface area (Å²) in [6.07, 6.45) is -5.81. The standard InChI is InChI=1S/C6H10ClF3O2S/c1-2-5(13(7,11)12)3-4-6(8,9)10/h5H,2-4H2,1H3. The molecule has 80 valence electrons. The van der Waals surface area contributed by atoms with E-state index in [-0.39, 0.29) is 6.42 Å². The van der Waals surface area contributed by atoms with E-state index in [0.29, 0.717) is 0 Å². The van der Waals surface area contributed by atoms with Crippen molar-refractivity contribution < 1.29 is 21.6 Å².